The first-order valence-corrected chi connectivity index (χ1v) is 8.37. The molecule has 0 radical (unpaired) electrons. The van der Waals surface area contributed by atoms with Crippen LogP contribution in [0.5, 0.6) is 5.75 Å². The number of hydrogen-bond acceptors (Lipinski definition) is 3. The average Bonchev–Trinajstić information content (AvgIpc) is 2.46. The van der Waals surface area contributed by atoms with Crippen LogP contribution in [0.3, 0.4) is 0 Å². The van der Waals surface area contributed by atoms with Crippen LogP contribution in [0, 0.1) is 0 Å². The van der Waals surface area contributed by atoms with Crippen LogP contribution in [-0.2, 0) is 9.84 Å². The van der Waals surface area contributed by atoms with Crippen molar-refractivity contribution >= 4 is 20.6 Å². The maximum Gasteiger partial charge on any atom is 0.175 e. The van der Waals surface area contributed by atoms with Crippen molar-refractivity contribution in [3.8, 4) is 16.9 Å². The molecule has 0 saturated heterocycles. The van der Waals surface area contributed by atoms with Crippen LogP contribution in [-0.4, -0.2) is 19.8 Å². The summed E-state index contributed by atoms with van der Waals surface area (Å²) in [4.78, 5) is 0.269. The SMILES string of the molecule is CS(=O)(=O)c1ccc(-c2c(O)ccc3ccccc23)cc1. The highest BCUT2D eigenvalue weighted by atomic mass is 32.2. The Kier molecular flexibility index (Phi) is 3.18. The summed E-state index contributed by atoms with van der Waals surface area (Å²) in [6.07, 6.45) is 1.18. The zero-order valence-electron chi connectivity index (χ0n) is 11.4. The van der Waals surface area contributed by atoms with Crippen molar-refractivity contribution in [1.29, 1.82) is 0 Å². The van der Waals surface area contributed by atoms with E-state index < -0.39 is 9.84 Å². The summed E-state index contributed by atoms with van der Waals surface area (Å²) in [5, 5.41) is 12.1. The third-order valence-corrected chi connectivity index (χ3v) is 4.61. The van der Waals surface area contributed by atoms with E-state index in [0.717, 1.165) is 16.3 Å². The van der Waals surface area contributed by atoms with Crippen molar-refractivity contribution in [3.05, 3.63) is 60.7 Å². The quantitative estimate of drug-likeness (QED) is 0.786. The van der Waals surface area contributed by atoms with E-state index in [9.17, 15) is 13.5 Å². The van der Waals surface area contributed by atoms with E-state index >= 15 is 0 Å². The van der Waals surface area contributed by atoms with Crippen LogP contribution < -0.4 is 0 Å². The fourth-order valence-electron chi connectivity index (χ4n) is 2.43. The van der Waals surface area contributed by atoms with E-state index in [-0.39, 0.29) is 10.6 Å². The molecule has 3 aromatic carbocycles. The Balaban J connectivity index is 2.23. The van der Waals surface area contributed by atoms with Gasteiger partial charge in [-0.1, -0.05) is 42.5 Å². The van der Waals surface area contributed by atoms with Crippen molar-refractivity contribution in [2.75, 3.05) is 6.26 Å². The van der Waals surface area contributed by atoms with Gasteiger partial charge in [0.15, 0.2) is 9.84 Å². The smallest absolute Gasteiger partial charge is 0.175 e. The van der Waals surface area contributed by atoms with Gasteiger partial charge in [-0.25, -0.2) is 8.42 Å². The van der Waals surface area contributed by atoms with Crippen molar-refractivity contribution in [3.63, 3.8) is 0 Å². The van der Waals surface area contributed by atoms with Crippen LogP contribution in [0.1, 0.15) is 0 Å². The molecule has 3 nitrogen and oxygen atoms in total. The molecule has 4 heteroatoms. The molecule has 0 atom stereocenters. The largest absolute Gasteiger partial charge is 0.507 e. The van der Waals surface area contributed by atoms with E-state index in [2.05, 4.69) is 0 Å². The van der Waals surface area contributed by atoms with Crippen molar-refractivity contribution in [2.45, 2.75) is 4.90 Å². The van der Waals surface area contributed by atoms with Gasteiger partial charge >= 0.3 is 0 Å². The molecule has 0 unspecified atom stereocenters. The molecular weight excluding hydrogens is 284 g/mol. The maximum atomic E-state index is 11.5. The summed E-state index contributed by atoms with van der Waals surface area (Å²) in [5.74, 6) is 0.181. The average molecular weight is 298 g/mol. The molecule has 0 aliphatic carbocycles. The van der Waals surface area contributed by atoms with Gasteiger partial charge in [0, 0.05) is 11.8 Å². The van der Waals surface area contributed by atoms with Gasteiger partial charge < -0.3 is 5.11 Å². The molecule has 0 aromatic heterocycles. The highest BCUT2D eigenvalue weighted by Gasteiger charge is 2.11. The van der Waals surface area contributed by atoms with E-state index in [4.69, 9.17) is 0 Å². The van der Waals surface area contributed by atoms with Gasteiger partial charge in [0.05, 0.1) is 4.90 Å². The third kappa shape index (κ3) is 2.50. The molecule has 0 amide bonds. The highest BCUT2D eigenvalue weighted by molar-refractivity contribution is 7.90. The zero-order chi connectivity index (χ0) is 15.0. The van der Waals surface area contributed by atoms with Gasteiger partial charge in [0.25, 0.3) is 0 Å². The number of phenolic OH excluding ortho intramolecular Hbond substituents is 1. The second-order valence-electron chi connectivity index (χ2n) is 4.98. The summed E-state index contributed by atoms with van der Waals surface area (Å²) in [5.41, 5.74) is 1.50. The topological polar surface area (TPSA) is 54.4 Å². The van der Waals surface area contributed by atoms with Gasteiger partial charge in [0.1, 0.15) is 5.75 Å². The van der Waals surface area contributed by atoms with Crippen LogP contribution in [0.25, 0.3) is 21.9 Å². The van der Waals surface area contributed by atoms with E-state index in [0.29, 0.717) is 5.56 Å². The van der Waals surface area contributed by atoms with Crippen molar-refractivity contribution in [2.24, 2.45) is 0 Å². The predicted octanol–water partition coefficient (Wildman–Crippen LogP) is 3.62. The highest BCUT2D eigenvalue weighted by Crippen LogP contribution is 2.36. The molecule has 0 saturated carbocycles. The van der Waals surface area contributed by atoms with Gasteiger partial charge in [-0.2, -0.15) is 0 Å². The second kappa shape index (κ2) is 4.90. The van der Waals surface area contributed by atoms with Crippen molar-refractivity contribution < 1.29 is 13.5 Å². The normalized spacial score (nSPS) is 11.7. The van der Waals surface area contributed by atoms with Crippen LogP contribution in [0.2, 0.25) is 0 Å². The standard InChI is InChI=1S/C17H14O3S/c1-21(19,20)14-9-6-13(7-10-14)17-15-5-3-2-4-12(15)8-11-16(17)18/h2-11,18H,1H3. The first kappa shape index (κ1) is 13.6. The molecule has 106 valence electrons. The summed E-state index contributed by atoms with van der Waals surface area (Å²) >= 11 is 0. The maximum absolute atomic E-state index is 11.5. The Morgan fingerprint density at radius 2 is 1.52 bits per heavy atom. The van der Waals surface area contributed by atoms with Gasteiger partial charge in [-0.05, 0) is 34.5 Å². The molecule has 0 spiro atoms. The van der Waals surface area contributed by atoms with Gasteiger partial charge in [-0.3, -0.25) is 0 Å². The minimum atomic E-state index is -3.22. The molecule has 3 aromatic rings. The predicted molar refractivity (Wildman–Crippen MR) is 84.2 cm³/mol. The zero-order valence-corrected chi connectivity index (χ0v) is 12.3. The Morgan fingerprint density at radius 1 is 0.857 bits per heavy atom. The summed E-state index contributed by atoms with van der Waals surface area (Å²) in [6.45, 7) is 0. The summed E-state index contributed by atoms with van der Waals surface area (Å²) in [6, 6.07) is 17.8. The number of sulfone groups is 1. The van der Waals surface area contributed by atoms with E-state index in [1.165, 1.54) is 6.26 Å². The van der Waals surface area contributed by atoms with Crippen LogP contribution >= 0.6 is 0 Å². The fourth-order valence-corrected chi connectivity index (χ4v) is 3.06. The van der Waals surface area contributed by atoms with E-state index in [1.807, 2.05) is 30.3 Å². The lowest BCUT2D eigenvalue weighted by Crippen LogP contribution is -1.96. The van der Waals surface area contributed by atoms with Crippen LogP contribution in [0.4, 0.5) is 0 Å². The lowest BCUT2D eigenvalue weighted by molar-refractivity contribution is 0.478. The molecule has 0 heterocycles. The summed E-state index contributed by atoms with van der Waals surface area (Å²) in [7, 11) is -3.22. The molecule has 0 fully saturated rings. The molecule has 0 aliphatic rings. The molecule has 0 bridgehead atoms. The number of benzene rings is 3. The number of fused-ring (bicyclic) bond motifs is 1. The number of aromatic hydroxyl groups is 1. The summed E-state index contributed by atoms with van der Waals surface area (Å²) < 4.78 is 23.0. The molecule has 3 rings (SSSR count). The fraction of sp³-hybridized carbons (Fsp3) is 0.0588. The lowest BCUT2D eigenvalue weighted by Gasteiger charge is -2.10. The van der Waals surface area contributed by atoms with Crippen LogP contribution in [0.15, 0.2) is 65.6 Å². The Morgan fingerprint density at radius 3 is 2.19 bits per heavy atom. The second-order valence-corrected chi connectivity index (χ2v) is 6.99. The first-order valence-electron chi connectivity index (χ1n) is 6.48. The number of phenols is 1. The Hall–Kier alpha value is -2.33. The van der Waals surface area contributed by atoms with Gasteiger partial charge in [-0.15, -0.1) is 0 Å². The van der Waals surface area contributed by atoms with Gasteiger partial charge in [0.2, 0.25) is 0 Å². The Labute approximate surface area is 123 Å². The molecule has 21 heavy (non-hydrogen) atoms. The first-order chi connectivity index (χ1) is 9.97. The van der Waals surface area contributed by atoms with Crippen molar-refractivity contribution in [1.82, 2.24) is 0 Å². The molecule has 1 N–H and O–H groups in total. The molecule has 0 aliphatic heterocycles. The third-order valence-electron chi connectivity index (χ3n) is 3.48. The lowest BCUT2D eigenvalue weighted by atomic mass is 9.97. The molecular formula is C17H14O3S. The minimum Gasteiger partial charge on any atom is -0.507 e. The number of hydrogen-bond donors (Lipinski definition) is 1. The van der Waals surface area contributed by atoms with E-state index in [1.54, 1.807) is 30.3 Å². The number of rotatable bonds is 2. The minimum absolute atomic E-state index is 0.181. The Bertz CT molecular complexity index is 910. The monoisotopic (exact) mass is 298 g/mol.